The predicted octanol–water partition coefficient (Wildman–Crippen LogP) is 3.69. The third kappa shape index (κ3) is 4.22. The van der Waals surface area contributed by atoms with E-state index in [9.17, 15) is 9.90 Å². The molecule has 3 aromatic rings. The smallest absolute Gasteiger partial charge is 0.278 e. The maximum atomic E-state index is 12.5. The summed E-state index contributed by atoms with van der Waals surface area (Å²) in [6, 6.07) is 12.2. The van der Waals surface area contributed by atoms with Crippen molar-refractivity contribution in [1.82, 2.24) is 15.0 Å². The summed E-state index contributed by atoms with van der Waals surface area (Å²) in [6.45, 7) is 2.07. The first-order chi connectivity index (χ1) is 12.5. The number of anilines is 1. The minimum atomic E-state index is -0.368. The summed E-state index contributed by atoms with van der Waals surface area (Å²) >= 11 is 12.0. The Morgan fingerprint density at radius 1 is 1.15 bits per heavy atom. The van der Waals surface area contributed by atoms with Gasteiger partial charge in [-0.25, -0.2) is 4.68 Å². The molecule has 0 aliphatic rings. The quantitative estimate of drug-likeness (QED) is 0.695. The highest BCUT2D eigenvalue weighted by Gasteiger charge is 2.17. The molecular weight excluding hydrogens is 375 g/mol. The Bertz CT molecular complexity index is 936. The first-order valence-electron chi connectivity index (χ1n) is 7.82. The van der Waals surface area contributed by atoms with E-state index in [2.05, 4.69) is 15.6 Å². The van der Waals surface area contributed by atoms with Gasteiger partial charge in [-0.15, -0.1) is 5.10 Å². The molecule has 8 heteroatoms. The minimum absolute atomic E-state index is 0.0961. The van der Waals surface area contributed by atoms with Crippen LogP contribution in [0.3, 0.4) is 0 Å². The van der Waals surface area contributed by atoms with Crippen LogP contribution in [-0.2, 0) is 13.2 Å². The van der Waals surface area contributed by atoms with Crippen LogP contribution in [0.2, 0.25) is 10.0 Å². The summed E-state index contributed by atoms with van der Waals surface area (Å²) in [5, 5.41) is 21.0. The third-order valence-electron chi connectivity index (χ3n) is 3.82. The van der Waals surface area contributed by atoms with Gasteiger partial charge in [0.1, 0.15) is 0 Å². The van der Waals surface area contributed by atoms with E-state index < -0.39 is 0 Å². The summed E-state index contributed by atoms with van der Waals surface area (Å²) in [4.78, 5) is 12.5. The number of nitrogens with zero attached hydrogens (tertiary/aromatic N) is 3. The van der Waals surface area contributed by atoms with E-state index in [4.69, 9.17) is 23.2 Å². The van der Waals surface area contributed by atoms with Gasteiger partial charge >= 0.3 is 0 Å². The van der Waals surface area contributed by atoms with E-state index >= 15 is 0 Å². The third-order valence-corrected chi connectivity index (χ3v) is 4.26. The second-order valence-electron chi connectivity index (χ2n) is 5.77. The fourth-order valence-corrected chi connectivity index (χ4v) is 3.10. The van der Waals surface area contributed by atoms with Crippen molar-refractivity contribution in [3.05, 3.63) is 75.0 Å². The lowest BCUT2D eigenvalue weighted by molar-refractivity contribution is 0.102. The van der Waals surface area contributed by atoms with E-state index in [-0.39, 0.29) is 18.2 Å². The molecule has 6 nitrogen and oxygen atoms in total. The molecule has 0 atom stereocenters. The standard InChI is InChI=1S/C18H16Cl2N4O2/c1-11-17(18(26)21-16-4-2-3-12(7-16)10-25)22-23-24(11)9-13-5-14(19)8-15(20)6-13/h2-8,25H,9-10H2,1H3,(H,21,26). The number of hydrogen-bond donors (Lipinski definition) is 2. The summed E-state index contributed by atoms with van der Waals surface area (Å²) in [6.07, 6.45) is 0. The molecule has 1 aromatic heterocycles. The Balaban J connectivity index is 1.78. The number of benzene rings is 2. The molecule has 2 aromatic carbocycles. The fourth-order valence-electron chi connectivity index (χ4n) is 2.53. The highest BCUT2D eigenvalue weighted by molar-refractivity contribution is 6.34. The van der Waals surface area contributed by atoms with E-state index in [0.717, 1.165) is 5.56 Å². The fraction of sp³-hybridized carbons (Fsp3) is 0.167. The molecule has 0 saturated carbocycles. The number of aromatic nitrogens is 3. The largest absolute Gasteiger partial charge is 0.392 e. The van der Waals surface area contributed by atoms with Crippen LogP contribution in [0.1, 0.15) is 27.3 Å². The number of hydrogen-bond acceptors (Lipinski definition) is 4. The van der Waals surface area contributed by atoms with Gasteiger partial charge in [-0.1, -0.05) is 40.5 Å². The molecule has 1 heterocycles. The van der Waals surface area contributed by atoms with Crippen molar-refractivity contribution in [1.29, 1.82) is 0 Å². The molecule has 0 fully saturated rings. The molecular formula is C18H16Cl2N4O2. The predicted molar refractivity (Wildman–Crippen MR) is 101 cm³/mol. The molecule has 134 valence electrons. The minimum Gasteiger partial charge on any atom is -0.392 e. The van der Waals surface area contributed by atoms with Gasteiger partial charge in [0.05, 0.1) is 18.8 Å². The highest BCUT2D eigenvalue weighted by Crippen LogP contribution is 2.20. The summed E-state index contributed by atoms with van der Waals surface area (Å²) in [7, 11) is 0. The first-order valence-corrected chi connectivity index (χ1v) is 8.58. The Hall–Kier alpha value is -2.41. The molecule has 2 N–H and O–H groups in total. The second-order valence-corrected chi connectivity index (χ2v) is 6.64. The summed E-state index contributed by atoms with van der Waals surface area (Å²) in [5.41, 5.74) is 3.00. The Labute approximate surface area is 160 Å². The topological polar surface area (TPSA) is 80.0 Å². The van der Waals surface area contributed by atoms with Gasteiger partial charge in [-0.05, 0) is 48.4 Å². The van der Waals surface area contributed by atoms with Crippen LogP contribution in [0.25, 0.3) is 0 Å². The number of carbonyl (C=O) groups excluding carboxylic acids is 1. The SMILES string of the molecule is Cc1c(C(=O)Nc2cccc(CO)c2)nnn1Cc1cc(Cl)cc(Cl)c1. The molecule has 0 saturated heterocycles. The van der Waals surface area contributed by atoms with Crippen LogP contribution >= 0.6 is 23.2 Å². The molecule has 3 rings (SSSR count). The van der Waals surface area contributed by atoms with Crippen LogP contribution in [0, 0.1) is 6.92 Å². The maximum Gasteiger partial charge on any atom is 0.278 e. The molecule has 0 aliphatic heterocycles. The number of halogens is 2. The van der Waals surface area contributed by atoms with Crippen molar-refractivity contribution in [2.24, 2.45) is 0 Å². The van der Waals surface area contributed by atoms with Crippen molar-refractivity contribution < 1.29 is 9.90 Å². The van der Waals surface area contributed by atoms with Crippen LogP contribution in [0.4, 0.5) is 5.69 Å². The van der Waals surface area contributed by atoms with Crippen molar-refractivity contribution in [2.45, 2.75) is 20.1 Å². The summed E-state index contributed by atoms with van der Waals surface area (Å²) in [5.74, 6) is -0.368. The number of carbonyl (C=O) groups is 1. The van der Waals surface area contributed by atoms with Gasteiger partial charge in [0.25, 0.3) is 5.91 Å². The number of amides is 1. The normalized spacial score (nSPS) is 10.8. The Morgan fingerprint density at radius 3 is 2.58 bits per heavy atom. The van der Waals surface area contributed by atoms with Crippen molar-refractivity contribution >= 4 is 34.8 Å². The monoisotopic (exact) mass is 390 g/mol. The van der Waals surface area contributed by atoms with Crippen molar-refractivity contribution in [3.63, 3.8) is 0 Å². The molecule has 1 amide bonds. The van der Waals surface area contributed by atoms with Gasteiger partial charge in [0.15, 0.2) is 5.69 Å². The van der Waals surface area contributed by atoms with Gasteiger partial charge in [0.2, 0.25) is 0 Å². The number of nitrogens with one attached hydrogen (secondary N) is 1. The Kier molecular flexibility index (Phi) is 5.56. The maximum absolute atomic E-state index is 12.5. The van der Waals surface area contributed by atoms with Gasteiger partial charge in [-0.3, -0.25) is 4.79 Å². The number of aliphatic hydroxyl groups is 1. The second kappa shape index (κ2) is 7.86. The molecule has 0 unspecified atom stereocenters. The lowest BCUT2D eigenvalue weighted by Crippen LogP contribution is -2.14. The van der Waals surface area contributed by atoms with E-state index in [1.54, 1.807) is 54.1 Å². The zero-order chi connectivity index (χ0) is 18.7. The van der Waals surface area contributed by atoms with Gasteiger partial charge in [-0.2, -0.15) is 0 Å². The molecule has 0 spiro atoms. The molecule has 26 heavy (non-hydrogen) atoms. The average molecular weight is 391 g/mol. The van der Waals surface area contributed by atoms with Gasteiger partial charge in [0, 0.05) is 15.7 Å². The van der Waals surface area contributed by atoms with Gasteiger partial charge < -0.3 is 10.4 Å². The Morgan fingerprint density at radius 2 is 1.88 bits per heavy atom. The highest BCUT2D eigenvalue weighted by atomic mass is 35.5. The zero-order valence-electron chi connectivity index (χ0n) is 13.9. The van der Waals surface area contributed by atoms with Crippen molar-refractivity contribution in [3.8, 4) is 0 Å². The molecule has 0 radical (unpaired) electrons. The summed E-state index contributed by atoms with van der Waals surface area (Å²) < 4.78 is 1.61. The van der Waals surface area contributed by atoms with Crippen LogP contribution in [0.5, 0.6) is 0 Å². The number of rotatable bonds is 5. The lowest BCUT2D eigenvalue weighted by Gasteiger charge is -2.07. The zero-order valence-corrected chi connectivity index (χ0v) is 15.4. The van der Waals surface area contributed by atoms with Crippen LogP contribution < -0.4 is 5.32 Å². The first kappa shape index (κ1) is 18.4. The number of aliphatic hydroxyl groups excluding tert-OH is 1. The average Bonchev–Trinajstić information content (AvgIpc) is 2.95. The van der Waals surface area contributed by atoms with E-state index in [0.29, 0.717) is 33.5 Å². The molecule has 0 aliphatic carbocycles. The van der Waals surface area contributed by atoms with Crippen LogP contribution in [0.15, 0.2) is 42.5 Å². The van der Waals surface area contributed by atoms with E-state index in [1.807, 2.05) is 0 Å². The van der Waals surface area contributed by atoms with Crippen molar-refractivity contribution in [2.75, 3.05) is 5.32 Å². The van der Waals surface area contributed by atoms with Crippen LogP contribution in [-0.4, -0.2) is 26.0 Å². The lowest BCUT2D eigenvalue weighted by atomic mass is 10.2. The molecule has 0 bridgehead atoms. The van der Waals surface area contributed by atoms with E-state index in [1.165, 1.54) is 0 Å².